The first-order valence-corrected chi connectivity index (χ1v) is 9.44. The van der Waals surface area contributed by atoms with Gasteiger partial charge in [-0.05, 0) is 30.7 Å². The quantitative estimate of drug-likeness (QED) is 0.590. The highest BCUT2D eigenvalue weighted by Gasteiger charge is 2.17. The van der Waals surface area contributed by atoms with Gasteiger partial charge in [0.15, 0.2) is 16.3 Å². The number of ether oxygens (including phenoxy) is 3. The predicted molar refractivity (Wildman–Crippen MR) is 111 cm³/mol. The average molecular weight is 398 g/mol. The summed E-state index contributed by atoms with van der Waals surface area (Å²) >= 11 is 1.47. The molecule has 0 spiro atoms. The number of thiazole rings is 1. The van der Waals surface area contributed by atoms with E-state index in [1.807, 2.05) is 29.7 Å². The molecule has 6 nitrogen and oxygen atoms in total. The molecular weight excluding hydrogens is 376 g/mol. The van der Waals surface area contributed by atoms with Crippen molar-refractivity contribution in [1.82, 2.24) is 4.57 Å². The van der Waals surface area contributed by atoms with Crippen LogP contribution in [0.15, 0.2) is 48.0 Å². The minimum Gasteiger partial charge on any atom is -0.493 e. The number of carbonyl (C=O) groups is 1. The molecule has 0 radical (unpaired) electrons. The zero-order valence-electron chi connectivity index (χ0n) is 16.3. The van der Waals surface area contributed by atoms with Crippen molar-refractivity contribution in [2.24, 2.45) is 4.99 Å². The number of fused-ring (bicyclic) bond motifs is 1. The van der Waals surface area contributed by atoms with Crippen LogP contribution < -0.4 is 19.0 Å². The molecule has 28 heavy (non-hydrogen) atoms. The third-order valence-electron chi connectivity index (χ3n) is 4.32. The van der Waals surface area contributed by atoms with Gasteiger partial charge in [-0.1, -0.05) is 29.5 Å². The van der Waals surface area contributed by atoms with E-state index in [9.17, 15) is 4.79 Å². The topological polar surface area (TPSA) is 62.1 Å². The van der Waals surface area contributed by atoms with Gasteiger partial charge in [0.25, 0.3) is 5.91 Å². The molecule has 0 unspecified atom stereocenters. The van der Waals surface area contributed by atoms with Crippen LogP contribution in [0.4, 0.5) is 0 Å². The van der Waals surface area contributed by atoms with Crippen LogP contribution in [0.1, 0.15) is 15.9 Å². The summed E-state index contributed by atoms with van der Waals surface area (Å²) in [6, 6.07) is 9.26. The Balaban J connectivity index is 2.17. The number of benzene rings is 2. The van der Waals surface area contributed by atoms with E-state index in [4.69, 9.17) is 14.2 Å². The molecule has 0 N–H and O–H groups in total. The van der Waals surface area contributed by atoms with Gasteiger partial charge in [0.2, 0.25) is 5.75 Å². The minimum absolute atomic E-state index is 0.355. The van der Waals surface area contributed by atoms with Gasteiger partial charge < -0.3 is 18.8 Å². The first kappa shape index (κ1) is 19.7. The lowest BCUT2D eigenvalue weighted by atomic mass is 10.1. The van der Waals surface area contributed by atoms with Gasteiger partial charge in [-0.25, -0.2) is 0 Å². The van der Waals surface area contributed by atoms with Crippen molar-refractivity contribution < 1.29 is 19.0 Å². The molecule has 2 aromatic carbocycles. The standard InChI is InChI=1S/C21H22N2O4S/c1-6-10-23-18-13(2)8-7-9-17(18)28-21(23)22-20(24)14-11-15(25-3)19(27-5)16(12-14)26-4/h6-9,11-12H,1,10H2,2-5H3. The molecule has 0 saturated carbocycles. The molecule has 0 saturated heterocycles. The van der Waals surface area contributed by atoms with E-state index in [-0.39, 0.29) is 5.91 Å². The third-order valence-corrected chi connectivity index (χ3v) is 5.37. The van der Waals surface area contributed by atoms with E-state index < -0.39 is 0 Å². The Hall–Kier alpha value is -3.06. The molecule has 0 atom stereocenters. The molecule has 3 aromatic rings. The maximum absolute atomic E-state index is 12.9. The van der Waals surface area contributed by atoms with Crippen LogP contribution >= 0.6 is 11.3 Å². The summed E-state index contributed by atoms with van der Waals surface area (Å²) in [5.41, 5.74) is 2.54. The number of aromatic nitrogens is 1. The zero-order valence-corrected chi connectivity index (χ0v) is 17.1. The van der Waals surface area contributed by atoms with E-state index in [1.54, 1.807) is 18.2 Å². The lowest BCUT2D eigenvalue weighted by Crippen LogP contribution is -2.16. The maximum atomic E-state index is 12.9. The fourth-order valence-corrected chi connectivity index (χ4v) is 4.16. The van der Waals surface area contributed by atoms with E-state index in [0.29, 0.717) is 34.2 Å². The summed E-state index contributed by atoms with van der Waals surface area (Å²) in [7, 11) is 4.54. The molecule has 0 fully saturated rings. The highest BCUT2D eigenvalue weighted by Crippen LogP contribution is 2.38. The lowest BCUT2D eigenvalue weighted by Gasteiger charge is -2.12. The molecule has 0 aliphatic rings. The maximum Gasteiger partial charge on any atom is 0.279 e. The highest BCUT2D eigenvalue weighted by molar-refractivity contribution is 7.16. The predicted octanol–water partition coefficient (Wildman–Crippen LogP) is 3.96. The van der Waals surface area contributed by atoms with Crippen LogP contribution in [0.25, 0.3) is 10.2 Å². The SMILES string of the molecule is C=CCn1c(=NC(=O)c2cc(OC)c(OC)c(OC)c2)sc2cccc(C)c21. The van der Waals surface area contributed by atoms with Crippen molar-refractivity contribution in [1.29, 1.82) is 0 Å². The molecule has 7 heteroatoms. The van der Waals surface area contributed by atoms with Gasteiger partial charge in [0, 0.05) is 12.1 Å². The highest BCUT2D eigenvalue weighted by atomic mass is 32.1. The molecule has 1 aromatic heterocycles. The fourth-order valence-electron chi connectivity index (χ4n) is 3.05. The van der Waals surface area contributed by atoms with Gasteiger partial charge in [0.1, 0.15) is 0 Å². The number of amides is 1. The van der Waals surface area contributed by atoms with E-state index in [2.05, 4.69) is 11.6 Å². The monoisotopic (exact) mass is 398 g/mol. The number of aryl methyl sites for hydroxylation is 1. The van der Waals surface area contributed by atoms with Crippen LogP contribution in [0, 0.1) is 6.92 Å². The average Bonchev–Trinajstić information content (AvgIpc) is 3.05. The zero-order chi connectivity index (χ0) is 20.3. The van der Waals surface area contributed by atoms with E-state index in [0.717, 1.165) is 15.8 Å². The van der Waals surface area contributed by atoms with Crippen molar-refractivity contribution >= 4 is 27.5 Å². The van der Waals surface area contributed by atoms with Crippen LogP contribution in [0.2, 0.25) is 0 Å². The summed E-state index contributed by atoms with van der Waals surface area (Å²) in [5, 5.41) is 0. The fraction of sp³-hybridized carbons (Fsp3) is 0.238. The Morgan fingerprint density at radius 2 is 1.86 bits per heavy atom. The molecule has 1 heterocycles. The molecule has 0 aliphatic heterocycles. The summed E-state index contributed by atoms with van der Waals surface area (Å²) in [4.78, 5) is 17.9. The lowest BCUT2D eigenvalue weighted by molar-refractivity contribution is 0.0997. The second-order valence-electron chi connectivity index (χ2n) is 6.04. The van der Waals surface area contributed by atoms with Crippen LogP contribution in [0.5, 0.6) is 17.2 Å². The molecule has 0 aliphatic carbocycles. The van der Waals surface area contributed by atoms with Crippen molar-refractivity contribution in [2.75, 3.05) is 21.3 Å². The first-order valence-electron chi connectivity index (χ1n) is 8.63. The Labute approximate surface area is 167 Å². The Morgan fingerprint density at radius 1 is 1.18 bits per heavy atom. The summed E-state index contributed by atoms with van der Waals surface area (Å²) in [6.07, 6.45) is 1.79. The van der Waals surface area contributed by atoms with Crippen LogP contribution in [-0.4, -0.2) is 31.8 Å². The number of hydrogen-bond acceptors (Lipinski definition) is 5. The van der Waals surface area contributed by atoms with E-state index >= 15 is 0 Å². The molecule has 146 valence electrons. The second-order valence-corrected chi connectivity index (χ2v) is 7.05. The Bertz CT molecular complexity index is 1090. The number of hydrogen-bond donors (Lipinski definition) is 0. The van der Waals surface area contributed by atoms with Crippen LogP contribution in [-0.2, 0) is 6.54 Å². The van der Waals surface area contributed by atoms with Gasteiger partial charge in [-0.15, -0.1) is 6.58 Å². The third kappa shape index (κ3) is 3.53. The van der Waals surface area contributed by atoms with Gasteiger partial charge in [-0.3, -0.25) is 4.79 Å². The molecular formula is C21H22N2O4S. The number of rotatable bonds is 6. The van der Waals surface area contributed by atoms with Gasteiger partial charge >= 0.3 is 0 Å². The number of carbonyl (C=O) groups excluding carboxylic acids is 1. The van der Waals surface area contributed by atoms with Gasteiger partial charge in [0.05, 0.1) is 31.5 Å². The van der Waals surface area contributed by atoms with Crippen molar-refractivity contribution in [3.63, 3.8) is 0 Å². The number of nitrogens with zero attached hydrogens (tertiary/aromatic N) is 2. The number of para-hydroxylation sites is 1. The first-order chi connectivity index (χ1) is 13.5. The minimum atomic E-state index is -0.388. The van der Waals surface area contributed by atoms with Gasteiger partial charge in [-0.2, -0.15) is 4.99 Å². The van der Waals surface area contributed by atoms with Crippen LogP contribution in [0.3, 0.4) is 0 Å². The van der Waals surface area contributed by atoms with Crippen molar-refractivity contribution in [3.05, 3.63) is 58.9 Å². The summed E-state index contributed by atoms with van der Waals surface area (Å²) < 4.78 is 19.0. The molecule has 3 rings (SSSR count). The van der Waals surface area contributed by atoms with Crippen molar-refractivity contribution in [3.8, 4) is 17.2 Å². The largest absolute Gasteiger partial charge is 0.493 e. The number of allylic oxidation sites excluding steroid dienone is 1. The van der Waals surface area contributed by atoms with E-state index in [1.165, 1.54) is 32.7 Å². The van der Waals surface area contributed by atoms with Crippen molar-refractivity contribution in [2.45, 2.75) is 13.5 Å². The normalized spacial score (nSPS) is 11.5. The molecule has 0 bridgehead atoms. The summed E-state index contributed by atoms with van der Waals surface area (Å²) in [6.45, 7) is 6.43. The summed E-state index contributed by atoms with van der Waals surface area (Å²) in [5.74, 6) is 0.861. The second kappa shape index (κ2) is 8.31. The smallest absolute Gasteiger partial charge is 0.279 e. The Morgan fingerprint density at radius 3 is 2.43 bits per heavy atom. The molecule has 1 amide bonds. The number of methoxy groups -OCH3 is 3. The Kier molecular flexibility index (Phi) is 5.84.